The molecule has 1 aliphatic heterocycles. The Morgan fingerprint density at radius 2 is 2.14 bits per heavy atom. The van der Waals surface area contributed by atoms with Gasteiger partial charge in [-0.15, -0.1) is 5.54 Å². The van der Waals surface area contributed by atoms with E-state index in [4.69, 9.17) is 11.6 Å². The number of halogens is 1. The summed E-state index contributed by atoms with van der Waals surface area (Å²) in [6.45, 7) is 9.51. The van der Waals surface area contributed by atoms with Crippen molar-refractivity contribution < 1.29 is 0 Å². The van der Waals surface area contributed by atoms with Crippen molar-refractivity contribution in [3.8, 4) is 11.5 Å². The quantitative estimate of drug-likeness (QED) is 0.444. The fraction of sp³-hybridized carbons (Fsp3) is 0.545. The van der Waals surface area contributed by atoms with E-state index in [1.54, 1.807) is 0 Å². The average molecular weight is 226 g/mol. The van der Waals surface area contributed by atoms with Crippen LogP contribution in [0.1, 0.15) is 6.92 Å². The summed E-state index contributed by atoms with van der Waals surface area (Å²) in [6, 6.07) is 0. The average Bonchev–Trinajstić information content (AvgIpc) is 2.07. The topological polar surface area (TPSA) is 12.4 Å². The molecule has 0 radical (unpaired) electrons. The molecule has 0 fully saturated rings. The maximum atomic E-state index is 5.76. The summed E-state index contributed by atoms with van der Waals surface area (Å²) >= 11 is 5.76. The van der Waals surface area contributed by atoms with Crippen LogP contribution >= 0.6 is 11.6 Å². The summed E-state index contributed by atoms with van der Waals surface area (Å²) in [4.78, 5) is 4.19. The van der Waals surface area contributed by atoms with Gasteiger partial charge in [0.2, 0.25) is 0 Å². The lowest BCUT2D eigenvalue weighted by Crippen LogP contribution is -2.22. The van der Waals surface area contributed by atoms with Crippen LogP contribution in [0.3, 0.4) is 0 Å². The van der Waals surface area contributed by atoms with Gasteiger partial charge in [-0.25, -0.2) is 0 Å². The third-order valence-electron chi connectivity index (χ3n) is 1.87. The monoisotopic (exact) mass is 225 g/mol. The van der Waals surface area contributed by atoms with Crippen LogP contribution in [-0.4, -0.2) is 19.8 Å². The SMILES string of the molecule is CC1(C#C[Si](C)(C)C)C=CC(Cl)=NC1. The third-order valence-corrected chi connectivity index (χ3v) is 2.99. The van der Waals surface area contributed by atoms with Crippen LogP contribution in [0.15, 0.2) is 17.1 Å². The molecule has 1 nitrogen and oxygen atoms in total. The summed E-state index contributed by atoms with van der Waals surface area (Å²) in [5.74, 6) is 3.32. The van der Waals surface area contributed by atoms with E-state index in [-0.39, 0.29) is 5.41 Å². The maximum absolute atomic E-state index is 5.76. The molecular formula is C11H16ClNSi. The highest BCUT2D eigenvalue weighted by Crippen LogP contribution is 2.22. The molecule has 1 aliphatic rings. The van der Waals surface area contributed by atoms with Crippen molar-refractivity contribution in [1.82, 2.24) is 0 Å². The second-order valence-electron chi connectivity index (χ2n) is 4.89. The Bertz CT molecular complexity index is 341. The van der Waals surface area contributed by atoms with E-state index in [1.165, 1.54) is 0 Å². The number of hydrogen-bond acceptors (Lipinski definition) is 1. The van der Waals surface area contributed by atoms with Crippen molar-refractivity contribution in [2.24, 2.45) is 10.4 Å². The largest absolute Gasteiger partial charge is 0.271 e. The zero-order valence-electron chi connectivity index (χ0n) is 9.19. The van der Waals surface area contributed by atoms with Gasteiger partial charge in [0.25, 0.3) is 0 Å². The van der Waals surface area contributed by atoms with Gasteiger partial charge in [-0.05, 0) is 13.0 Å². The minimum atomic E-state index is -1.28. The van der Waals surface area contributed by atoms with Gasteiger partial charge < -0.3 is 0 Å². The van der Waals surface area contributed by atoms with Crippen LogP contribution in [0.5, 0.6) is 0 Å². The van der Waals surface area contributed by atoms with Crippen LogP contribution in [0.4, 0.5) is 0 Å². The van der Waals surface area contributed by atoms with Crippen LogP contribution in [-0.2, 0) is 0 Å². The van der Waals surface area contributed by atoms with E-state index in [0.29, 0.717) is 11.7 Å². The number of nitrogens with zero attached hydrogens (tertiary/aromatic N) is 1. The molecule has 1 unspecified atom stereocenters. The first-order chi connectivity index (χ1) is 6.31. The number of hydrogen-bond donors (Lipinski definition) is 0. The van der Waals surface area contributed by atoms with E-state index < -0.39 is 8.07 Å². The van der Waals surface area contributed by atoms with Gasteiger partial charge in [0.15, 0.2) is 0 Å². The molecule has 1 rings (SSSR count). The fourth-order valence-electron chi connectivity index (χ4n) is 1.01. The Morgan fingerprint density at radius 3 is 2.57 bits per heavy atom. The second-order valence-corrected chi connectivity index (χ2v) is 10.0. The highest BCUT2D eigenvalue weighted by atomic mass is 35.5. The maximum Gasteiger partial charge on any atom is 0.129 e. The third kappa shape index (κ3) is 3.69. The summed E-state index contributed by atoms with van der Waals surface area (Å²) < 4.78 is 0. The van der Waals surface area contributed by atoms with E-state index in [1.807, 2.05) is 6.08 Å². The molecule has 0 saturated heterocycles. The Morgan fingerprint density at radius 1 is 1.50 bits per heavy atom. The van der Waals surface area contributed by atoms with Crippen molar-refractivity contribution in [3.05, 3.63) is 12.2 Å². The number of rotatable bonds is 0. The highest BCUT2D eigenvalue weighted by Gasteiger charge is 2.21. The minimum Gasteiger partial charge on any atom is -0.271 e. The number of aliphatic imine (C=N–C) groups is 1. The zero-order valence-corrected chi connectivity index (χ0v) is 10.9. The lowest BCUT2D eigenvalue weighted by molar-refractivity contribution is 0.589. The van der Waals surface area contributed by atoms with Crippen molar-refractivity contribution in [3.63, 3.8) is 0 Å². The van der Waals surface area contributed by atoms with Crippen LogP contribution in [0.25, 0.3) is 0 Å². The summed E-state index contributed by atoms with van der Waals surface area (Å²) in [7, 11) is -1.28. The molecule has 1 heterocycles. The van der Waals surface area contributed by atoms with Crippen molar-refractivity contribution in [1.29, 1.82) is 0 Å². The molecule has 0 aromatic carbocycles. The lowest BCUT2D eigenvalue weighted by Gasteiger charge is -2.20. The standard InChI is InChI=1S/C11H16ClNSi/c1-11(7-8-14(2,3)4)6-5-10(12)13-9-11/h5-6H,9H2,1-4H3. The Labute approximate surface area is 92.3 Å². The Balaban J connectivity index is 2.79. The summed E-state index contributed by atoms with van der Waals surface area (Å²) in [6.07, 6.45) is 3.89. The van der Waals surface area contributed by atoms with Crippen molar-refractivity contribution in [2.45, 2.75) is 26.6 Å². The summed E-state index contributed by atoms with van der Waals surface area (Å²) in [5.41, 5.74) is 3.26. The van der Waals surface area contributed by atoms with Gasteiger partial charge >= 0.3 is 0 Å². The first kappa shape index (κ1) is 11.6. The molecule has 3 heteroatoms. The summed E-state index contributed by atoms with van der Waals surface area (Å²) in [5, 5.41) is 0.581. The fourth-order valence-corrected chi connectivity index (χ4v) is 1.79. The zero-order chi connectivity index (χ0) is 10.8. The molecule has 0 aromatic heterocycles. The van der Waals surface area contributed by atoms with E-state index >= 15 is 0 Å². The predicted molar refractivity (Wildman–Crippen MR) is 66.5 cm³/mol. The molecule has 14 heavy (non-hydrogen) atoms. The number of dihydropyridines is 1. The van der Waals surface area contributed by atoms with Gasteiger partial charge in [0, 0.05) is 0 Å². The van der Waals surface area contributed by atoms with Gasteiger partial charge in [-0.2, -0.15) is 0 Å². The molecule has 0 aromatic rings. The molecule has 76 valence electrons. The van der Waals surface area contributed by atoms with E-state index in [0.717, 1.165) is 0 Å². The van der Waals surface area contributed by atoms with Gasteiger partial charge in [0.05, 0.1) is 12.0 Å². The molecular weight excluding hydrogens is 210 g/mol. The molecule has 0 aliphatic carbocycles. The molecule has 0 spiro atoms. The van der Waals surface area contributed by atoms with E-state index in [9.17, 15) is 0 Å². The molecule has 1 atom stereocenters. The normalized spacial score (nSPS) is 26.5. The molecule has 0 N–H and O–H groups in total. The van der Waals surface area contributed by atoms with Gasteiger partial charge in [-0.1, -0.05) is 43.2 Å². The van der Waals surface area contributed by atoms with Gasteiger partial charge in [-0.3, -0.25) is 4.99 Å². The molecule has 0 amide bonds. The Kier molecular flexibility index (Phi) is 3.23. The Hall–Kier alpha value is -0.523. The van der Waals surface area contributed by atoms with Crippen LogP contribution < -0.4 is 0 Å². The van der Waals surface area contributed by atoms with Gasteiger partial charge in [0.1, 0.15) is 13.2 Å². The minimum absolute atomic E-state index is 0.112. The first-order valence-electron chi connectivity index (χ1n) is 4.74. The van der Waals surface area contributed by atoms with Crippen LogP contribution in [0, 0.1) is 16.9 Å². The predicted octanol–water partition coefficient (Wildman–Crippen LogP) is 3.08. The van der Waals surface area contributed by atoms with Crippen LogP contribution in [0.2, 0.25) is 19.6 Å². The number of allylic oxidation sites excluding steroid dienone is 1. The smallest absolute Gasteiger partial charge is 0.129 e. The first-order valence-corrected chi connectivity index (χ1v) is 8.62. The molecule has 0 saturated carbocycles. The second kappa shape index (κ2) is 3.92. The van der Waals surface area contributed by atoms with Crippen molar-refractivity contribution >= 4 is 24.8 Å². The molecule has 0 bridgehead atoms. The van der Waals surface area contributed by atoms with Crippen molar-refractivity contribution in [2.75, 3.05) is 6.54 Å². The van der Waals surface area contributed by atoms with E-state index in [2.05, 4.69) is 49.1 Å². The highest BCUT2D eigenvalue weighted by molar-refractivity contribution is 6.83. The lowest BCUT2D eigenvalue weighted by atomic mass is 9.90.